The Hall–Kier alpha value is -0.960. The average Bonchev–Trinajstić information content (AvgIpc) is 2.19. The van der Waals surface area contributed by atoms with Crippen LogP contribution in [0.1, 0.15) is 0 Å². The molecule has 2 rings (SSSR count). The third kappa shape index (κ3) is 2.24. The second-order valence-electron chi connectivity index (χ2n) is 3.15. The zero-order valence-corrected chi connectivity index (χ0v) is 10.2. The first-order chi connectivity index (χ1) is 7.58. The molecule has 5 heteroatoms. The van der Waals surface area contributed by atoms with Crippen LogP contribution >= 0.6 is 34.8 Å². The Bertz CT molecular complexity index is 502. The third-order valence-corrected chi connectivity index (χ3v) is 2.83. The summed E-state index contributed by atoms with van der Waals surface area (Å²) >= 11 is 17.9. The van der Waals surface area contributed by atoms with Gasteiger partial charge in [-0.1, -0.05) is 34.8 Å². The van der Waals surface area contributed by atoms with Gasteiger partial charge in [-0.25, -0.2) is 0 Å². The Labute approximate surface area is 107 Å². The molecule has 16 heavy (non-hydrogen) atoms. The highest BCUT2D eigenvalue weighted by Gasteiger charge is 2.11. The van der Waals surface area contributed by atoms with Crippen LogP contribution in [0.25, 0.3) is 11.3 Å². The molecule has 0 aliphatic rings. The summed E-state index contributed by atoms with van der Waals surface area (Å²) in [5, 5.41) is 10.5. The number of halogens is 3. The van der Waals surface area contributed by atoms with Gasteiger partial charge in [0.1, 0.15) is 5.75 Å². The van der Waals surface area contributed by atoms with E-state index in [0.717, 1.165) is 0 Å². The fourth-order valence-corrected chi connectivity index (χ4v) is 2.33. The molecule has 0 atom stereocenters. The van der Waals surface area contributed by atoms with Gasteiger partial charge in [0, 0.05) is 10.6 Å². The number of aromatic nitrogens is 1. The van der Waals surface area contributed by atoms with Gasteiger partial charge < -0.3 is 5.11 Å². The highest BCUT2D eigenvalue weighted by Crippen LogP contribution is 2.36. The Balaban J connectivity index is 2.60. The lowest BCUT2D eigenvalue weighted by Crippen LogP contribution is -1.85. The second kappa shape index (κ2) is 4.50. The zero-order chi connectivity index (χ0) is 11.7. The molecule has 0 saturated carbocycles. The first kappa shape index (κ1) is 11.5. The van der Waals surface area contributed by atoms with Crippen molar-refractivity contribution < 1.29 is 5.11 Å². The van der Waals surface area contributed by atoms with Crippen LogP contribution < -0.4 is 0 Å². The summed E-state index contributed by atoms with van der Waals surface area (Å²) in [4.78, 5) is 4.04. The summed E-state index contributed by atoms with van der Waals surface area (Å²) in [5.41, 5.74) is 1.19. The van der Waals surface area contributed by atoms with Crippen LogP contribution in [-0.4, -0.2) is 10.1 Å². The molecule has 0 aliphatic heterocycles. The van der Waals surface area contributed by atoms with Gasteiger partial charge in [-0.15, -0.1) is 0 Å². The number of pyridine rings is 1. The van der Waals surface area contributed by atoms with E-state index in [1.807, 2.05) is 0 Å². The maximum absolute atomic E-state index is 9.14. The Morgan fingerprint density at radius 3 is 2.12 bits per heavy atom. The van der Waals surface area contributed by atoms with Gasteiger partial charge in [0.05, 0.1) is 21.9 Å². The van der Waals surface area contributed by atoms with Crippen LogP contribution in [0.4, 0.5) is 0 Å². The van der Waals surface area contributed by atoms with E-state index < -0.39 is 0 Å². The molecule has 1 N–H and O–H groups in total. The average molecular weight is 275 g/mol. The smallest absolute Gasteiger partial charge is 0.133 e. The van der Waals surface area contributed by atoms with Crippen molar-refractivity contribution in [2.45, 2.75) is 0 Å². The first-order valence-corrected chi connectivity index (χ1v) is 5.51. The molecular formula is C11H6Cl3NO. The van der Waals surface area contributed by atoms with Crippen molar-refractivity contribution in [3.8, 4) is 17.0 Å². The predicted molar refractivity (Wildman–Crippen MR) is 66.4 cm³/mol. The molecule has 0 saturated heterocycles. The molecule has 0 spiro atoms. The number of rotatable bonds is 1. The molecule has 2 nitrogen and oxygen atoms in total. The predicted octanol–water partition coefficient (Wildman–Crippen LogP) is 4.41. The van der Waals surface area contributed by atoms with Crippen LogP contribution in [0.3, 0.4) is 0 Å². The molecule has 1 aromatic carbocycles. The van der Waals surface area contributed by atoms with E-state index in [1.165, 1.54) is 12.3 Å². The van der Waals surface area contributed by atoms with Gasteiger partial charge in [0.15, 0.2) is 0 Å². The van der Waals surface area contributed by atoms with Crippen molar-refractivity contribution in [3.63, 3.8) is 0 Å². The molecule has 0 amide bonds. The highest BCUT2D eigenvalue weighted by molar-refractivity contribution is 6.41. The van der Waals surface area contributed by atoms with Crippen LogP contribution in [0.5, 0.6) is 5.75 Å². The van der Waals surface area contributed by atoms with Crippen LogP contribution in [-0.2, 0) is 0 Å². The molecule has 0 unspecified atom stereocenters. The lowest BCUT2D eigenvalue weighted by atomic mass is 10.1. The monoisotopic (exact) mass is 273 g/mol. The van der Waals surface area contributed by atoms with Crippen LogP contribution in [0.15, 0.2) is 30.5 Å². The topological polar surface area (TPSA) is 33.1 Å². The lowest BCUT2D eigenvalue weighted by Gasteiger charge is -2.07. The van der Waals surface area contributed by atoms with E-state index in [4.69, 9.17) is 39.9 Å². The molecule has 82 valence electrons. The van der Waals surface area contributed by atoms with Crippen LogP contribution in [0.2, 0.25) is 15.1 Å². The largest absolute Gasteiger partial charge is 0.506 e. The zero-order valence-electron chi connectivity index (χ0n) is 7.92. The normalized spacial score (nSPS) is 10.4. The van der Waals surface area contributed by atoms with Crippen LogP contribution in [0, 0.1) is 0 Å². The fourth-order valence-electron chi connectivity index (χ4n) is 1.32. The summed E-state index contributed by atoms with van der Waals surface area (Å²) in [7, 11) is 0. The van der Waals surface area contributed by atoms with E-state index in [1.54, 1.807) is 18.2 Å². The molecule has 0 fully saturated rings. The molecule has 1 heterocycles. The Morgan fingerprint density at radius 2 is 1.62 bits per heavy atom. The Morgan fingerprint density at radius 1 is 1.00 bits per heavy atom. The van der Waals surface area contributed by atoms with Crippen molar-refractivity contribution in [1.29, 1.82) is 0 Å². The van der Waals surface area contributed by atoms with E-state index in [2.05, 4.69) is 4.98 Å². The minimum absolute atomic E-state index is 0.0879. The van der Waals surface area contributed by atoms with Crippen molar-refractivity contribution in [2.75, 3.05) is 0 Å². The van der Waals surface area contributed by atoms with E-state index in [0.29, 0.717) is 26.3 Å². The molecular weight excluding hydrogens is 268 g/mol. The van der Waals surface area contributed by atoms with Crippen molar-refractivity contribution in [2.24, 2.45) is 0 Å². The van der Waals surface area contributed by atoms with Gasteiger partial charge in [0.2, 0.25) is 0 Å². The minimum Gasteiger partial charge on any atom is -0.506 e. The summed E-state index contributed by atoms with van der Waals surface area (Å²) in [5.74, 6) is 0.0879. The van der Waals surface area contributed by atoms with E-state index in [-0.39, 0.29) is 5.75 Å². The standard InChI is InChI=1S/C11H6Cl3NO/c12-6-3-8(13)11(9(14)4-6)10-2-1-7(16)5-15-10/h1-5,16H. The SMILES string of the molecule is Oc1ccc(-c2c(Cl)cc(Cl)cc2Cl)nc1. The summed E-state index contributed by atoms with van der Waals surface area (Å²) in [6, 6.07) is 6.34. The van der Waals surface area contributed by atoms with Gasteiger partial charge in [-0.3, -0.25) is 4.98 Å². The molecule has 2 aromatic rings. The Kier molecular flexibility index (Phi) is 3.24. The van der Waals surface area contributed by atoms with Crippen molar-refractivity contribution in [3.05, 3.63) is 45.5 Å². The number of aromatic hydroxyl groups is 1. The minimum atomic E-state index is 0.0879. The number of hydrogen-bond donors (Lipinski definition) is 1. The highest BCUT2D eigenvalue weighted by atomic mass is 35.5. The lowest BCUT2D eigenvalue weighted by molar-refractivity contribution is 0.473. The summed E-state index contributed by atoms with van der Waals surface area (Å²) < 4.78 is 0. The van der Waals surface area contributed by atoms with Crippen molar-refractivity contribution >= 4 is 34.8 Å². The first-order valence-electron chi connectivity index (χ1n) is 4.38. The number of hydrogen-bond acceptors (Lipinski definition) is 2. The van der Waals surface area contributed by atoms with E-state index in [9.17, 15) is 0 Å². The van der Waals surface area contributed by atoms with Crippen molar-refractivity contribution in [1.82, 2.24) is 4.98 Å². The maximum Gasteiger partial charge on any atom is 0.133 e. The molecule has 0 radical (unpaired) electrons. The summed E-state index contributed by atoms with van der Waals surface area (Å²) in [6.07, 6.45) is 1.33. The van der Waals surface area contributed by atoms with Gasteiger partial charge in [-0.2, -0.15) is 0 Å². The molecule has 1 aromatic heterocycles. The molecule has 0 aliphatic carbocycles. The quantitative estimate of drug-likeness (QED) is 0.835. The number of benzene rings is 1. The second-order valence-corrected chi connectivity index (χ2v) is 4.40. The van der Waals surface area contributed by atoms with Gasteiger partial charge in [0.25, 0.3) is 0 Å². The van der Waals surface area contributed by atoms with Gasteiger partial charge >= 0.3 is 0 Å². The van der Waals surface area contributed by atoms with Gasteiger partial charge in [-0.05, 0) is 24.3 Å². The number of nitrogens with zero attached hydrogens (tertiary/aromatic N) is 1. The third-order valence-electron chi connectivity index (χ3n) is 2.01. The fraction of sp³-hybridized carbons (Fsp3) is 0. The van der Waals surface area contributed by atoms with E-state index >= 15 is 0 Å². The summed E-state index contributed by atoms with van der Waals surface area (Å²) in [6.45, 7) is 0. The maximum atomic E-state index is 9.14. The molecule has 0 bridgehead atoms.